The molecule has 20 heavy (non-hydrogen) atoms. The number of rotatable bonds is 4. The SMILES string of the molecule is CNC(=O)C1(C(=O)N2C[C@H](COC)OC(C)(C)C2)CC1. The van der Waals surface area contributed by atoms with E-state index in [1.54, 1.807) is 19.1 Å². The number of amides is 2. The van der Waals surface area contributed by atoms with Crippen LogP contribution >= 0.6 is 0 Å². The van der Waals surface area contributed by atoms with Crippen molar-refractivity contribution in [2.24, 2.45) is 5.41 Å². The molecule has 1 saturated carbocycles. The summed E-state index contributed by atoms with van der Waals surface area (Å²) in [4.78, 5) is 26.4. The van der Waals surface area contributed by atoms with Gasteiger partial charge in [-0.2, -0.15) is 0 Å². The Morgan fingerprint density at radius 2 is 2.05 bits per heavy atom. The second-order valence-electron chi connectivity index (χ2n) is 6.30. The maximum atomic E-state index is 12.7. The summed E-state index contributed by atoms with van der Waals surface area (Å²) >= 11 is 0. The van der Waals surface area contributed by atoms with Crippen LogP contribution in [0.4, 0.5) is 0 Å². The van der Waals surface area contributed by atoms with E-state index in [2.05, 4.69) is 5.32 Å². The third kappa shape index (κ3) is 2.81. The Morgan fingerprint density at radius 3 is 2.55 bits per heavy atom. The lowest BCUT2D eigenvalue weighted by Crippen LogP contribution is -2.58. The molecule has 2 amide bonds. The molecule has 2 fully saturated rings. The van der Waals surface area contributed by atoms with E-state index >= 15 is 0 Å². The lowest BCUT2D eigenvalue weighted by atomic mass is 9.99. The van der Waals surface area contributed by atoms with Gasteiger partial charge in [0.05, 0.1) is 18.3 Å². The van der Waals surface area contributed by atoms with Crippen LogP contribution in [0.1, 0.15) is 26.7 Å². The monoisotopic (exact) mass is 284 g/mol. The number of methoxy groups -OCH3 is 1. The van der Waals surface area contributed by atoms with Crippen molar-refractivity contribution >= 4 is 11.8 Å². The standard InChI is InChI=1S/C14H24N2O4/c1-13(2)9-16(7-10(20-13)8-19-4)12(18)14(5-6-14)11(17)15-3/h10H,5-9H2,1-4H3,(H,15,17)/t10-/m1/s1. The second-order valence-corrected chi connectivity index (χ2v) is 6.30. The molecular formula is C14H24N2O4. The fourth-order valence-electron chi connectivity index (χ4n) is 2.93. The molecule has 0 radical (unpaired) electrons. The van der Waals surface area contributed by atoms with E-state index in [0.717, 1.165) is 0 Å². The van der Waals surface area contributed by atoms with E-state index in [4.69, 9.17) is 9.47 Å². The molecule has 1 heterocycles. The van der Waals surface area contributed by atoms with Crippen LogP contribution in [0.15, 0.2) is 0 Å². The third-order valence-corrected chi connectivity index (χ3v) is 3.94. The van der Waals surface area contributed by atoms with Gasteiger partial charge >= 0.3 is 0 Å². The molecule has 0 bridgehead atoms. The molecule has 0 aromatic rings. The minimum absolute atomic E-state index is 0.0747. The molecule has 1 N–H and O–H groups in total. The van der Waals surface area contributed by atoms with Gasteiger partial charge in [0.2, 0.25) is 11.8 Å². The Labute approximate surface area is 119 Å². The van der Waals surface area contributed by atoms with Crippen LogP contribution in [0.3, 0.4) is 0 Å². The minimum Gasteiger partial charge on any atom is -0.382 e. The van der Waals surface area contributed by atoms with Gasteiger partial charge in [-0.3, -0.25) is 9.59 Å². The number of hydrogen-bond donors (Lipinski definition) is 1. The first-order valence-corrected chi connectivity index (χ1v) is 7.03. The molecule has 0 aromatic heterocycles. The summed E-state index contributed by atoms with van der Waals surface area (Å²) in [5, 5.41) is 2.60. The molecule has 1 saturated heterocycles. The number of hydrogen-bond acceptors (Lipinski definition) is 4. The van der Waals surface area contributed by atoms with Crippen molar-refractivity contribution in [1.29, 1.82) is 0 Å². The average molecular weight is 284 g/mol. The molecule has 1 atom stereocenters. The third-order valence-electron chi connectivity index (χ3n) is 3.94. The van der Waals surface area contributed by atoms with Crippen molar-refractivity contribution in [1.82, 2.24) is 10.2 Å². The summed E-state index contributed by atoms with van der Waals surface area (Å²) in [5.74, 6) is -0.246. The Balaban J connectivity index is 2.11. The number of nitrogens with one attached hydrogen (secondary N) is 1. The predicted molar refractivity (Wildman–Crippen MR) is 73.1 cm³/mol. The number of carbonyl (C=O) groups excluding carboxylic acids is 2. The quantitative estimate of drug-likeness (QED) is 0.747. The van der Waals surface area contributed by atoms with Crippen LogP contribution in [0.2, 0.25) is 0 Å². The molecule has 2 rings (SSSR count). The summed E-state index contributed by atoms with van der Waals surface area (Å²) in [5.41, 5.74) is -1.25. The summed E-state index contributed by atoms with van der Waals surface area (Å²) in [6.07, 6.45) is 1.13. The maximum Gasteiger partial charge on any atom is 0.238 e. The first-order chi connectivity index (χ1) is 9.34. The van der Waals surface area contributed by atoms with Gasteiger partial charge in [0.1, 0.15) is 5.41 Å². The fourth-order valence-corrected chi connectivity index (χ4v) is 2.93. The summed E-state index contributed by atoms with van der Waals surface area (Å²) in [6, 6.07) is 0. The molecular weight excluding hydrogens is 260 g/mol. The minimum atomic E-state index is -0.834. The van der Waals surface area contributed by atoms with Gasteiger partial charge in [-0.15, -0.1) is 0 Å². The van der Waals surface area contributed by atoms with E-state index in [-0.39, 0.29) is 17.9 Å². The Hall–Kier alpha value is -1.14. The average Bonchev–Trinajstić information content (AvgIpc) is 3.17. The first-order valence-electron chi connectivity index (χ1n) is 7.03. The van der Waals surface area contributed by atoms with Gasteiger partial charge in [-0.1, -0.05) is 0 Å². The number of ether oxygens (including phenoxy) is 2. The zero-order chi connectivity index (χ0) is 15.0. The molecule has 0 aromatic carbocycles. The van der Waals surface area contributed by atoms with Crippen molar-refractivity contribution in [3.8, 4) is 0 Å². The van der Waals surface area contributed by atoms with E-state index in [0.29, 0.717) is 32.5 Å². The topological polar surface area (TPSA) is 67.9 Å². The van der Waals surface area contributed by atoms with Gasteiger partial charge in [-0.25, -0.2) is 0 Å². The van der Waals surface area contributed by atoms with E-state index in [1.807, 2.05) is 13.8 Å². The summed E-state index contributed by atoms with van der Waals surface area (Å²) < 4.78 is 11.0. The normalized spacial score (nSPS) is 27.0. The number of morpholine rings is 1. The highest BCUT2D eigenvalue weighted by molar-refractivity contribution is 6.07. The molecule has 0 unspecified atom stereocenters. The van der Waals surface area contributed by atoms with Crippen molar-refractivity contribution in [2.75, 3.05) is 33.9 Å². The van der Waals surface area contributed by atoms with Crippen molar-refractivity contribution in [2.45, 2.75) is 38.4 Å². The molecule has 6 nitrogen and oxygen atoms in total. The molecule has 0 spiro atoms. The first kappa shape index (κ1) is 15.3. The van der Waals surface area contributed by atoms with Gasteiger partial charge < -0.3 is 19.7 Å². The highest BCUT2D eigenvalue weighted by Crippen LogP contribution is 2.48. The molecule has 114 valence electrons. The zero-order valence-electron chi connectivity index (χ0n) is 12.7. The lowest BCUT2D eigenvalue weighted by molar-refractivity contribution is -0.173. The predicted octanol–water partition coefficient (Wildman–Crippen LogP) is 0.165. The van der Waals surface area contributed by atoms with Gasteiger partial charge in [0.15, 0.2) is 0 Å². The van der Waals surface area contributed by atoms with Crippen LogP contribution in [-0.4, -0.2) is 62.3 Å². The number of carbonyl (C=O) groups is 2. The Morgan fingerprint density at radius 1 is 1.40 bits per heavy atom. The second kappa shape index (κ2) is 5.33. The van der Waals surface area contributed by atoms with Crippen molar-refractivity contribution in [3.63, 3.8) is 0 Å². The largest absolute Gasteiger partial charge is 0.382 e. The van der Waals surface area contributed by atoms with E-state index < -0.39 is 11.0 Å². The smallest absolute Gasteiger partial charge is 0.238 e. The van der Waals surface area contributed by atoms with Crippen LogP contribution in [-0.2, 0) is 19.1 Å². The maximum absolute atomic E-state index is 12.7. The zero-order valence-corrected chi connectivity index (χ0v) is 12.7. The van der Waals surface area contributed by atoms with Crippen LogP contribution in [0.25, 0.3) is 0 Å². The molecule has 2 aliphatic rings. The highest BCUT2D eigenvalue weighted by atomic mass is 16.5. The number of nitrogens with zero attached hydrogens (tertiary/aromatic N) is 1. The van der Waals surface area contributed by atoms with Gasteiger partial charge in [0.25, 0.3) is 0 Å². The summed E-state index contributed by atoms with van der Waals surface area (Å²) in [6.45, 7) is 5.34. The molecule has 6 heteroatoms. The van der Waals surface area contributed by atoms with E-state index in [1.165, 1.54) is 0 Å². The van der Waals surface area contributed by atoms with Crippen molar-refractivity contribution in [3.05, 3.63) is 0 Å². The van der Waals surface area contributed by atoms with Crippen LogP contribution in [0.5, 0.6) is 0 Å². The van der Waals surface area contributed by atoms with Crippen molar-refractivity contribution < 1.29 is 19.1 Å². The lowest BCUT2D eigenvalue weighted by Gasteiger charge is -2.43. The summed E-state index contributed by atoms with van der Waals surface area (Å²) in [7, 11) is 3.19. The van der Waals surface area contributed by atoms with Crippen LogP contribution in [0, 0.1) is 5.41 Å². The highest BCUT2D eigenvalue weighted by Gasteiger charge is 2.58. The van der Waals surface area contributed by atoms with Crippen LogP contribution < -0.4 is 5.32 Å². The fraction of sp³-hybridized carbons (Fsp3) is 0.857. The molecule has 1 aliphatic carbocycles. The van der Waals surface area contributed by atoms with Gasteiger partial charge in [-0.05, 0) is 26.7 Å². The van der Waals surface area contributed by atoms with Gasteiger partial charge in [0, 0.05) is 27.2 Å². The Kier molecular flexibility index (Phi) is 4.07. The van der Waals surface area contributed by atoms with E-state index in [9.17, 15) is 9.59 Å². The molecule has 1 aliphatic heterocycles. The Bertz CT molecular complexity index is 404.